The Balaban J connectivity index is 1.44. The standard InChI is InChI=1S/C34H31Si/c1-22-21-31-27(25-13-7-5-8-14-25)17-11-19-29(31)33(22)35(4)34-24(3)23(2)32-28(18-12-20-30(32)34)26-15-9-6-10-16-26/h5-21,33-34H,1-4H3. The van der Waals surface area contributed by atoms with Gasteiger partial charge >= 0.3 is 0 Å². The molecule has 0 nitrogen and oxygen atoms in total. The quantitative estimate of drug-likeness (QED) is 0.262. The van der Waals surface area contributed by atoms with Crippen molar-refractivity contribution in [3.05, 3.63) is 130 Å². The number of hydrogen-bond acceptors (Lipinski definition) is 0. The summed E-state index contributed by atoms with van der Waals surface area (Å²) >= 11 is 0. The van der Waals surface area contributed by atoms with E-state index < -0.39 is 8.80 Å². The minimum atomic E-state index is -0.820. The van der Waals surface area contributed by atoms with Crippen LogP contribution in [0.1, 0.15) is 54.1 Å². The lowest BCUT2D eigenvalue weighted by molar-refractivity contribution is 1.01. The van der Waals surface area contributed by atoms with Crippen molar-refractivity contribution in [1.82, 2.24) is 0 Å². The fourth-order valence-electron chi connectivity index (χ4n) is 6.51. The normalized spacial score (nSPS) is 18.6. The molecule has 0 N–H and O–H groups in total. The molecule has 2 unspecified atom stereocenters. The first-order chi connectivity index (χ1) is 17.1. The fourth-order valence-corrected chi connectivity index (χ4v) is 10.0. The second-order valence-electron chi connectivity index (χ2n) is 10.1. The van der Waals surface area contributed by atoms with Gasteiger partial charge in [0, 0.05) is 0 Å². The van der Waals surface area contributed by atoms with Crippen LogP contribution < -0.4 is 0 Å². The average molecular weight is 468 g/mol. The second-order valence-corrected chi connectivity index (χ2v) is 12.8. The van der Waals surface area contributed by atoms with Crippen molar-refractivity contribution in [3.63, 3.8) is 0 Å². The van der Waals surface area contributed by atoms with Gasteiger partial charge in [0.2, 0.25) is 0 Å². The summed E-state index contributed by atoms with van der Waals surface area (Å²) in [5.74, 6) is 0. The third-order valence-electron chi connectivity index (χ3n) is 8.17. The summed E-state index contributed by atoms with van der Waals surface area (Å²) in [4.78, 5) is 0. The van der Waals surface area contributed by atoms with Crippen molar-refractivity contribution < 1.29 is 0 Å². The molecule has 0 fully saturated rings. The predicted octanol–water partition coefficient (Wildman–Crippen LogP) is 9.31. The largest absolute Gasteiger partial charge is 0.0718 e. The number of benzene rings is 4. The molecule has 35 heavy (non-hydrogen) atoms. The van der Waals surface area contributed by atoms with Crippen molar-refractivity contribution >= 4 is 20.4 Å². The maximum absolute atomic E-state index is 2.57. The van der Waals surface area contributed by atoms with Crippen LogP contribution in [0.15, 0.2) is 108 Å². The highest BCUT2D eigenvalue weighted by Gasteiger charge is 2.40. The van der Waals surface area contributed by atoms with Crippen LogP contribution in [0.3, 0.4) is 0 Å². The fraction of sp³-hybridized carbons (Fsp3) is 0.176. The highest BCUT2D eigenvalue weighted by Crippen LogP contribution is 2.51. The van der Waals surface area contributed by atoms with Crippen LogP contribution in [0, 0.1) is 0 Å². The maximum atomic E-state index is 2.57. The Hall–Kier alpha value is -3.42. The number of fused-ring (bicyclic) bond motifs is 2. The van der Waals surface area contributed by atoms with Crippen LogP contribution >= 0.6 is 0 Å². The van der Waals surface area contributed by atoms with Gasteiger partial charge in [-0.2, -0.15) is 0 Å². The van der Waals surface area contributed by atoms with E-state index in [9.17, 15) is 0 Å². The zero-order valence-corrected chi connectivity index (χ0v) is 22.0. The van der Waals surface area contributed by atoms with E-state index in [-0.39, 0.29) is 0 Å². The van der Waals surface area contributed by atoms with Gasteiger partial charge in [-0.25, -0.2) is 0 Å². The molecule has 2 aliphatic carbocycles. The Kier molecular flexibility index (Phi) is 5.46. The molecule has 0 saturated heterocycles. The van der Waals surface area contributed by atoms with Gasteiger partial charge in [-0.3, -0.25) is 0 Å². The summed E-state index contributed by atoms with van der Waals surface area (Å²) in [6.07, 6.45) is 2.47. The van der Waals surface area contributed by atoms with E-state index >= 15 is 0 Å². The maximum Gasteiger partial charge on any atom is 0.0718 e. The van der Waals surface area contributed by atoms with Crippen LogP contribution in [0.25, 0.3) is 33.9 Å². The minimum absolute atomic E-state index is 0.526. The summed E-state index contributed by atoms with van der Waals surface area (Å²) in [6.45, 7) is 9.66. The van der Waals surface area contributed by atoms with E-state index in [0.29, 0.717) is 11.1 Å². The van der Waals surface area contributed by atoms with Crippen LogP contribution in [0.4, 0.5) is 0 Å². The van der Waals surface area contributed by atoms with Gasteiger partial charge in [0.1, 0.15) is 0 Å². The van der Waals surface area contributed by atoms with Crippen LogP contribution in [0.5, 0.6) is 0 Å². The van der Waals surface area contributed by atoms with Gasteiger partial charge in [-0.1, -0.05) is 121 Å². The molecule has 0 aromatic heterocycles. The molecular formula is C34H31Si. The van der Waals surface area contributed by atoms with E-state index in [2.05, 4.69) is 130 Å². The van der Waals surface area contributed by atoms with Crippen LogP contribution in [0.2, 0.25) is 6.55 Å². The Morgan fingerprint density at radius 2 is 1.14 bits per heavy atom. The third-order valence-corrected chi connectivity index (χ3v) is 11.5. The van der Waals surface area contributed by atoms with Crippen molar-refractivity contribution in [2.24, 2.45) is 0 Å². The highest BCUT2D eigenvalue weighted by atomic mass is 28.3. The molecule has 171 valence electrons. The topological polar surface area (TPSA) is 0 Å². The molecule has 0 heterocycles. The van der Waals surface area contributed by atoms with E-state index in [1.165, 1.54) is 50.1 Å². The lowest BCUT2D eigenvalue weighted by Gasteiger charge is -2.29. The molecule has 0 aliphatic heterocycles. The molecule has 0 amide bonds. The monoisotopic (exact) mass is 467 g/mol. The van der Waals surface area contributed by atoms with Gasteiger partial charge < -0.3 is 0 Å². The van der Waals surface area contributed by atoms with E-state index in [1.54, 1.807) is 11.1 Å². The van der Waals surface area contributed by atoms with Crippen molar-refractivity contribution in [1.29, 1.82) is 0 Å². The smallest absolute Gasteiger partial charge is 0.0695 e. The van der Waals surface area contributed by atoms with Gasteiger partial charge in [-0.05, 0) is 81.9 Å². The zero-order chi connectivity index (χ0) is 24.1. The number of allylic oxidation sites excluding steroid dienone is 3. The minimum Gasteiger partial charge on any atom is -0.0695 e. The molecule has 2 aliphatic rings. The summed E-state index contributed by atoms with van der Waals surface area (Å²) in [5, 5.41) is 0. The average Bonchev–Trinajstić information content (AvgIpc) is 3.37. The van der Waals surface area contributed by atoms with E-state index in [4.69, 9.17) is 0 Å². The van der Waals surface area contributed by atoms with Gasteiger partial charge in [0.25, 0.3) is 0 Å². The SMILES string of the molecule is CC1=Cc2c(-c3ccccc3)cccc2C1[Si](C)C1C(C)=C(C)c2c(-c3ccccc3)cccc21. The highest BCUT2D eigenvalue weighted by molar-refractivity contribution is 6.63. The first-order valence-corrected chi connectivity index (χ1v) is 14.8. The Labute approximate surface area is 211 Å². The first kappa shape index (κ1) is 22.1. The Morgan fingerprint density at radius 3 is 1.80 bits per heavy atom. The number of rotatable bonds is 4. The summed E-state index contributed by atoms with van der Waals surface area (Å²) in [7, 11) is -0.820. The molecule has 1 heteroatoms. The van der Waals surface area contributed by atoms with Gasteiger partial charge in [-0.15, -0.1) is 0 Å². The number of hydrogen-bond donors (Lipinski definition) is 0. The van der Waals surface area contributed by atoms with Gasteiger partial charge in [0.15, 0.2) is 0 Å². The van der Waals surface area contributed by atoms with E-state index in [1.807, 2.05) is 0 Å². The Morgan fingerprint density at radius 1 is 0.571 bits per heavy atom. The molecule has 4 aromatic carbocycles. The first-order valence-electron chi connectivity index (χ1n) is 12.6. The third kappa shape index (κ3) is 3.49. The lowest BCUT2D eigenvalue weighted by Crippen LogP contribution is -2.28. The predicted molar refractivity (Wildman–Crippen MR) is 153 cm³/mol. The zero-order valence-electron chi connectivity index (χ0n) is 21.0. The van der Waals surface area contributed by atoms with Gasteiger partial charge in [0.05, 0.1) is 8.80 Å². The Bertz CT molecular complexity index is 1470. The molecule has 1 radical (unpaired) electrons. The molecular weight excluding hydrogens is 436 g/mol. The molecule has 6 rings (SSSR count). The molecule has 4 aromatic rings. The van der Waals surface area contributed by atoms with Crippen LogP contribution in [-0.4, -0.2) is 8.80 Å². The van der Waals surface area contributed by atoms with Crippen LogP contribution in [-0.2, 0) is 0 Å². The second kappa shape index (κ2) is 8.66. The molecule has 0 bridgehead atoms. The molecule has 2 atom stereocenters. The summed E-state index contributed by atoms with van der Waals surface area (Å²) < 4.78 is 0. The summed E-state index contributed by atoms with van der Waals surface area (Å²) in [6, 6.07) is 35.7. The van der Waals surface area contributed by atoms with Crippen molar-refractivity contribution in [3.8, 4) is 22.3 Å². The molecule has 0 saturated carbocycles. The lowest BCUT2D eigenvalue weighted by atomic mass is 9.94. The molecule has 0 spiro atoms. The van der Waals surface area contributed by atoms with E-state index in [0.717, 1.165) is 0 Å². The van der Waals surface area contributed by atoms with Crippen molar-refractivity contribution in [2.45, 2.75) is 38.4 Å². The van der Waals surface area contributed by atoms with Crippen molar-refractivity contribution in [2.75, 3.05) is 0 Å². The summed E-state index contributed by atoms with van der Waals surface area (Å²) in [5.41, 5.74) is 17.0.